The van der Waals surface area contributed by atoms with Gasteiger partial charge in [-0.3, -0.25) is 4.79 Å². The van der Waals surface area contributed by atoms with Gasteiger partial charge in [0.1, 0.15) is 11.9 Å². The maximum atomic E-state index is 14.5. The van der Waals surface area contributed by atoms with Crippen LogP contribution in [0.1, 0.15) is 70.4 Å². The van der Waals surface area contributed by atoms with Crippen LogP contribution in [-0.4, -0.2) is 34.5 Å². The van der Waals surface area contributed by atoms with Crippen LogP contribution in [-0.2, 0) is 11.3 Å². The third-order valence-corrected chi connectivity index (χ3v) is 6.02. The molecule has 2 aromatic rings. The van der Waals surface area contributed by atoms with Crippen LogP contribution < -0.4 is 10.7 Å². The number of morpholine rings is 1. The second kappa shape index (κ2) is 12.9. The number of fused-ring (bicyclic) bond motifs is 1. The van der Waals surface area contributed by atoms with Gasteiger partial charge in [-0.05, 0) is 50.1 Å². The lowest BCUT2D eigenvalue weighted by Gasteiger charge is -2.33. The number of amidine groups is 1. The Bertz CT molecular complexity index is 1170. The van der Waals surface area contributed by atoms with Gasteiger partial charge in [0.2, 0.25) is 0 Å². The molecule has 35 heavy (non-hydrogen) atoms. The molecule has 192 valence electrons. The first kappa shape index (κ1) is 28.6. The Hall–Kier alpha value is -2.64. The summed E-state index contributed by atoms with van der Waals surface area (Å²) in [7, 11) is 0. The molecule has 1 fully saturated rings. The van der Waals surface area contributed by atoms with Crippen molar-refractivity contribution in [2.24, 2.45) is 4.99 Å². The number of benzene rings is 1. The van der Waals surface area contributed by atoms with Crippen molar-refractivity contribution in [2.75, 3.05) is 19.8 Å². The predicted octanol–water partition coefficient (Wildman–Crippen LogP) is 6.34. The fraction of sp³-hybridized carbons (Fsp3) is 0.481. The molecule has 0 bridgehead atoms. The minimum absolute atomic E-state index is 0.0184. The van der Waals surface area contributed by atoms with Gasteiger partial charge in [0, 0.05) is 41.1 Å². The molecule has 1 unspecified atom stereocenters. The average molecular weight is 505 g/mol. The lowest BCUT2D eigenvalue weighted by Crippen LogP contribution is -2.35. The quantitative estimate of drug-likeness (QED) is 0.493. The van der Waals surface area contributed by atoms with Gasteiger partial charge >= 0.3 is 0 Å². The lowest BCUT2D eigenvalue weighted by atomic mass is 10.0. The maximum Gasteiger partial charge on any atom is 0.196 e. The van der Waals surface area contributed by atoms with E-state index in [-0.39, 0.29) is 16.8 Å². The topological polar surface area (TPSA) is 58.9 Å². The van der Waals surface area contributed by atoms with Gasteiger partial charge in [-0.15, -0.1) is 0 Å². The summed E-state index contributed by atoms with van der Waals surface area (Å²) >= 11 is 5.97. The Morgan fingerprint density at radius 1 is 1.29 bits per heavy atom. The molecule has 0 amide bonds. The first-order chi connectivity index (χ1) is 16.8. The van der Waals surface area contributed by atoms with Gasteiger partial charge in [-0.2, -0.15) is 0 Å². The minimum Gasteiger partial charge on any atom is -0.373 e. The first-order valence-electron chi connectivity index (χ1n) is 12.3. The third kappa shape index (κ3) is 6.14. The fourth-order valence-corrected chi connectivity index (χ4v) is 4.35. The van der Waals surface area contributed by atoms with E-state index in [2.05, 4.69) is 40.2 Å². The Labute approximate surface area is 213 Å². The zero-order valence-corrected chi connectivity index (χ0v) is 22.7. The van der Waals surface area contributed by atoms with Gasteiger partial charge in [0.25, 0.3) is 0 Å². The van der Waals surface area contributed by atoms with Crippen LogP contribution in [0, 0.1) is 6.92 Å². The summed E-state index contributed by atoms with van der Waals surface area (Å²) < 4.78 is 22.1. The van der Waals surface area contributed by atoms with E-state index >= 15 is 0 Å². The molecule has 0 spiro atoms. The molecule has 0 aliphatic carbocycles. The van der Waals surface area contributed by atoms with E-state index in [0.717, 1.165) is 23.5 Å². The molecular weight excluding hydrogens is 467 g/mol. The van der Waals surface area contributed by atoms with Gasteiger partial charge in [-0.25, -0.2) is 9.38 Å². The normalized spacial score (nSPS) is 17.6. The summed E-state index contributed by atoms with van der Waals surface area (Å²) in [5.74, 6) is -0.431. The maximum absolute atomic E-state index is 14.5. The van der Waals surface area contributed by atoms with Crippen molar-refractivity contribution in [1.29, 1.82) is 0 Å². The van der Waals surface area contributed by atoms with E-state index in [0.29, 0.717) is 36.3 Å². The van der Waals surface area contributed by atoms with Crippen molar-refractivity contribution in [1.82, 2.24) is 14.8 Å². The number of aliphatic imine (C=N–C) groups is 1. The van der Waals surface area contributed by atoms with Gasteiger partial charge in [0.15, 0.2) is 10.7 Å². The molecule has 2 aliphatic rings. The Kier molecular flexibility index (Phi) is 10.5. The molecule has 1 aromatic heterocycles. The molecule has 1 atom stereocenters. The van der Waals surface area contributed by atoms with E-state index in [1.54, 1.807) is 12.1 Å². The Balaban J connectivity index is 0.00000103. The molecule has 8 heteroatoms. The molecule has 2 aliphatic heterocycles. The lowest BCUT2D eigenvalue weighted by molar-refractivity contribution is 0.0696. The highest BCUT2D eigenvalue weighted by Gasteiger charge is 2.24. The summed E-state index contributed by atoms with van der Waals surface area (Å²) in [5.41, 5.74) is 3.91. The van der Waals surface area contributed by atoms with E-state index in [9.17, 15) is 9.18 Å². The number of hydrogen-bond donors (Lipinski definition) is 1. The number of aromatic nitrogens is 1. The largest absolute Gasteiger partial charge is 0.373 e. The minimum atomic E-state index is -0.836. The van der Waals surface area contributed by atoms with E-state index in [1.807, 2.05) is 40.7 Å². The number of pyridine rings is 1. The summed E-state index contributed by atoms with van der Waals surface area (Å²) in [5, 5.41) is 3.31. The highest BCUT2D eigenvalue weighted by Crippen LogP contribution is 2.32. The predicted molar refractivity (Wildman–Crippen MR) is 145 cm³/mol. The summed E-state index contributed by atoms with van der Waals surface area (Å²) in [6, 6.07) is 4.61. The molecule has 4 rings (SSSR count). The van der Waals surface area contributed by atoms with Gasteiger partial charge in [-0.1, -0.05) is 40.3 Å². The molecule has 6 nitrogen and oxygen atoms in total. The number of ether oxygens (including phenoxy) is 1. The SMILES string of the molecule is C=C1COCCN1Cc1c(C)c(=O)c2ccc(C3N=C(Cl)NC=C3F)cc2n1C(C)C.CC.CC. The summed E-state index contributed by atoms with van der Waals surface area (Å²) in [4.78, 5) is 19.6. The standard InChI is InChI=1S/C23H26ClFN4O2.2C2H6/c1-13(2)29-19-9-16(21-18(25)10-26-23(24)27-21)5-6-17(19)22(30)15(4)20(29)11-28-7-8-31-12-14(28)3;2*1-2/h5-6,9-10,13,21H,3,7-8,11-12H2,1-2,4H3,(H,26,27);2*1-2H3. The van der Waals surface area contributed by atoms with Gasteiger partial charge < -0.3 is 19.5 Å². The smallest absolute Gasteiger partial charge is 0.196 e. The molecule has 1 N–H and O–H groups in total. The molecule has 0 radical (unpaired) electrons. The Morgan fingerprint density at radius 3 is 2.60 bits per heavy atom. The van der Waals surface area contributed by atoms with Crippen LogP contribution in [0.3, 0.4) is 0 Å². The second-order valence-electron chi connectivity index (χ2n) is 8.18. The number of halogens is 2. The third-order valence-electron chi connectivity index (χ3n) is 5.82. The first-order valence-corrected chi connectivity index (χ1v) is 12.7. The van der Waals surface area contributed by atoms with Gasteiger partial charge in [0.05, 0.1) is 25.3 Å². The van der Waals surface area contributed by atoms with Crippen LogP contribution in [0.4, 0.5) is 4.39 Å². The molecule has 1 aromatic carbocycles. The number of nitrogens with zero attached hydrogens (tertiary/aromatic N) is 3. The zero-order valence-electron chi connectivity index (χ0n) is 21.9. The van der Waals surface area contributed by atoms with E-state index in [4.69, 9.17) is 16.3 Å². The van der Waals surface area contributed by atoms with Crippen molar-refractivity contribution >= 4 is 27.8 Å². The van der Waals surface area contributed by atoms with E-state index < -0.39 is 11.9 Å². The van der Waals surface area contributed by atoms with Crippen molar-refractivity contribution in [3.8, 4) is 0 Å². The van der Waals surface area contributed by atoms with Crippen molar-refractivity contribution < 1.29 is 9.13 Å². The highest BCUT2D eigenvalue weighted by molar-refractivity contribution is 6.64. The van der Waals surface area contributed by atoms with Crippen molar-refractivity contribution in [2.45, 2.75) is 67.1 Å². The second-order valence-corrected chi connectivity index (χ2v) is 8.54. The summed E-state index contributed by atoms with van der Waals surface area (Å²) in [6.07, 6.45) is 1.21. The number of rotatable bonds is 4. The number of hydrogen-bond acceptors (Lipinski definition) is 5. The molecule has 1 saturated heterocycles. The Morgan fingerprint density at radius 2 is 1.97 bits per heavy atom. The zero-order chi connectivity index (χ0) is 26.3. The van der Waals surface area contributed by atoms with Crippen LogP contribution in [0.5, 0.6) is 0 Å². The van der Waals surface area contributed by atoms with Crippen molar-refractivity contribution in [3.63, 3.8) is 0 Å². The average Bonchev–Trinajstić information content (AvgIpc) is 2.87. The van der Waals surface area contributed by atoms with Crippen molar-refractivity contribution in [3.05, 3.63) is 69.5 Å². The molecular formula is C27H38ClFN4O2. The number of nitrogens with one attached hydrogen (secondary N) is 1. The van der Waals surface area contributed by atoms with E-state index in [1.165, 1.54) is 6.20 Å². The monoisotopic (exact) mass is 504 g/mol. The van der Waals surface area contributed by atoms with Crippen LogP contribution in [0.15, 0.2) is 52.3 Å². The summed E-state index contributed by atoms with van der Waals surface area (Å²) in [6.45, 7) is 20.5. The fourth-order valence-electron chi connectivity index (χ4n) is 4.19. The van der Waals surface area contributed by atoms with Crippen LogP contribution in [0.2, 0.25) is 0 Å². The highest BCUT2D eigenvalue weighted by atomic mass is 35.5. The molecule has 0 saturated carbocycles. The van der Waals surface area contributed by atoms with Crippen LogP contribution >= 0.6 is 11.6 Å². The van der Waals surface area contributed by atoms with Crippen LogP contribution in [0.25, 0.3) is 10.9 Å². The molecule has 3 heterocycles.